The van der Waals surface area contributed by atoms with E-state index in [1.165, 1.54) is 4.90 Å². The average Bonchev–Trinajstić information content (AvgIpc) is 3.26. The van der Waals surface area contributed by atoms with Crippen LogP contribution in [0.4, 0.5) is 10.5 Å². The molecule has 1 N–H and O–H groups in total. The van der Waals surface area contributed by atoms with Gasteiger partial charge in [-0.25, -0.2) is 0 Å². The summed E-state index contributed by atoms with van der Waals surface area (Å²) in [5.74, 6) is -0.447. The Kier molecular flexibility index (Phi) is 6.72. The Hall–Kier alpha value is -3.36. The number of para-hydroxylation sites is 2. The summed E-state index contributed by atoms with van der Waals surface area (Å²) in [5.41, 5.74) is 2.40. The molecule has 1 aliphatic heterocycles. The van der Waals surface area contributed by atoms with Gasteiger partial charge in [0.15, 0.2) is 0 Å². The van der Waals surface area contributed by atoms with E-state index in [0.29, 0.717) is 24.5 Å². The molecule has 4 rings (SSSR count). The van der Waals surface area contributed by atoms with Crippen LogP contribution in [0.3, 0.4) is 0 Å². The molecule has 8 heteroatoms. The van der Waals surface area contributed by atoms with Crippen molar-refractivity contribution in [3.8, 4) is 0 Å². The van der Waals surface area contributed by atoms with Gasteiger partial charge in [0.1, 0.15) is 6.54 Å². The minimum Gasteiger partial charge on any atom is -0.385 e. The highest BCUT2D eigenvalue weighted by Crippen LogP contribution is 2.34. The van der Waals surface area contributed by atoms with Crippen molar-refractivity contribution in [1.82, 2.24) is 9.47 Å². The minimum absolute atomic E-state index is 0.127. The van der Waals surface area contributed by atoms with E-state index in [4.69, 9.17) is 4.74 Å². The maximum absolute atomic E-state index is 12.7. The lowest BCUT2D eigenvalue weighted by Gasteiger charge is -2.11. The number of imide groups is 1. The van der Waals surface area contributed by atoms with Crippen molar-refractivity contribution in [3.63, 3.8) is 0 Å². The maximum Gasteiger partial charge on any atom is 0.293 e. The fraction of sp³-hybridized carbons (Fsp3) is 0.208. The summed E-state index contributed by atoms with van der Waals surface area (Å²) < 4.78 is 6.86. The van der Waals surface area contributed by atoms with Crippen LogP contribution in [0.2, 0.25) is 0 Å². The summed E-state index contributed by atoms with van der Waals surface area (Å²) >= 11 is 0.937. The van der Waals surface area contributed by atoms with Crippen molar-refractivity contribution in [2.75, 3.05) is 25.6 Å². The Morgan fingerprint density at radius 3 is 2.62 bits per heavy atom. The normalized spacial score (nSPS) is 15.2. The third-order valence-electron chi connectivity index (χ3n) is 5.08. The largest absolute Gasteiger partial charge is 0.385 e. The predicted octanol–water partition coefficient (Wildman–Crippen LogP) is 4.35. The quantitative estimate of drug-likeness (QED) is 0.408. The van der Waals surface area contributed by atoms with Crippen LogP contribution >= 0.6 is 11.8 Å². The number of rotatable bonds is 8. The second-order valence-electron chi connectivity index (χ2n) is 7.32. The van der Waals surface area contributed by atoms with Gasteiger partial charge in [-0.1, -0.05) is 36.4 Å². The number of hydrogen-bond acceptors (Lipinski definition) is 5. The number of hydrogen-bond donors (Lipinski definition) is 1. The van der Waals surface area contributed by atoms with Gasteiger partial charge in [-0.15, -0.1) is 0 Å². The number of benzene rings is 2. The molecule has 7 nitrogen and oxygen atoms in total. The molecule has 1 fully saturated rings. The number of carbonyl (C=O) groups is 3. The number of ether oxygens (including phenoxy) is 1. The number of methoxy groups -OCH3 is 1. The third-order valence-corrected chi connectivity index (χ3v) is 5.99. The molecule has 2 aromatic carbocycles. The van der Waals surface area contributed by atoms with Crippen LogP contribution < -0.4 is 5.32 Å². The van der Waals surface area contributed by atoms with E-state index >= 15 is 0 Å². The maximum atomic E-state index is 12.7. The van der Waals surface area contributed by atoms with Gasteiger partial charge in [-0.2, -0.15) is 0 Å². The van der Waals surface area contributed by atoms with E-state index in [0.717, 1.165) is 33.9 Å². The molecule has 0 unspecified atom stereocenters. The first-order valence-electron chi connectivity index (χ1n) is 10.2. The van der Waals surface area contributed by atoms with Crippen LogP contribution in [0.5, 0.6) is 0 Å². The molecule has 0 spiro atoms. The number of anilines is 1. The molecule has 0 saturated carbocycles. The third kappa shape index (κ3) is 4.76. The van der Waals surface area contributed by atoms with E-state index in [1.807, 2.05) is 65.4 Å². The van der Waals surface area contributed by atoms with Gasteiger partial charge >= 0.3 is 0 Å². The van der Waals surface area contributed by atoms with Gasteiger partial charge in [-0.05, 0) is 42.5 Å². The standard InChI is InChI=1S/C24H23N3O4S/c1-31-13-7-12-27-23(29)21(32-24(27)30)14-17-15-26(20-11-6-5-10-19(17)20)16-22(28)25-18-8-3-2-4-9-18/h2-6,8-11,14-15H,7,12-13,16H2,1H3,(H,25,28)/b21-14+. The summed E-state index contributed by atoms with van der Waals surface area (Å²) in [6, 6.07) is 17.0. The molecular formula is C24H23N3O4S. The SMILES string of the molecule is COCCCN1C(=O)S/C(=C/c2cn(CC(=O)Nc3ccccc3)c3ccccc23)C1=O. The molecule has 0 aliphatic carbocycles. The van der Waals surface area contributed by atoms with E-state index in [1.54, 1.807) is 13.2 Å². The number of aromatic nitrogens is 1. The molecule has 0 bridgehead atoms. The molecule has 3 amide bonds. The van der Waals surface area contributed by atoms with E-state index in [9.17, 15) is 14.4 Å². The summed E-state index contributed by atoms with van der Waals surface area (Å²) in [4.78, 5) is 39.2. The smallest absolute Gasteiger partial charge is 0.293 e. The van der Waals surface area contributed by atoms with Crippen molar-refractivity contribution in [2.45, 2.75) is 13.0 Å². The molecule has 1 saturated heterocycles. The Morgan fingerprint density at radius 2 is 1.84 bits per heavy atom. The monoisotopic (exact) mass is 449 g/mol. The fourth-order valence-electron chi connectivity index (χ4n) is 3.60. The van der Waals surface area contributed by atoms with Crippen LogP contribution in [0, 0.1) is 0 Å². The fourth-order valence-corrected chi connectivity index (χ4v) is 4.45. The summed E-state index contributed by atoms with van der Waals surface area (Å²) in [6.45, 7) is 0.943. The first-order valence-corrected chi connectivity index (χ1v) is 11.1. The van der Waals surface area contributed by atoms with Crippen molar-refractivity contribution in [3.05, 3.63) is 71.3 Å². The number of nitrogens with one attached hydrogen (secondary N) is 1. The molecule has 2 heterocycles. The van der Waals surface area contributed by atoms with Crippen LogP contribution in [-0.4, -0.2) is 46.8 Å². The van der Waals surface area contributed by atoms with E-state index in [-0.39, 0.29) is 23.6 Å². The van der Waals surface area contributed by atoms with Crippen molar-refractivity contribution in [2.24, 2.45) is 0 Å². The Labute approximate surface area is 190 Å². The number of thioether (sulfide) groups is 1. The summed E-state index contributed by atoms with van der Waals surface area (Å²) in [6.07, 6.45) is 4.17. The van der Waals surface area contributed by atoms with Crippen molar-refractivity contribution >= 4 is 51.5 Å². The van der Waals surface area contributed by atoms with Crippen molar-refractivity contribution < 1.29 is 19.1 Å². The number of fused-ring (bicyclic) bond motifs is 1. The van der Waals surface area contributed by atoms with Crippen LogP contribution in [0.1, 0.15) is 12.0 Å². The first kappa shape index (κ1) is 21.9. The van der Waals surface area contributed by atoms with Crippen LogP contribution in [-0.2, 0) is 20.9 Å². The van der Waals surface area contributed by atoms with Crippen LogP contribution in [0.25, 0.3) is 17.0 Å². The van der Waals surface area contributed by atoms with Gasteiger partial charge in [-0.3, -0.25) is 19.3 Å². The Bertz CT molecular complexity index is 1190. The lowest BCUT2D eigenvalue weighted by molar-refractivity contribution is -0.122. The van der Waals surface area contributed by atoms with Gasteiger partial charge in [0, 0.05) is 48.6 Å². The number of carbonyl (C=O) groups excluding carboxylic acids is 3. The predicted molar refractivity (Wildman–Crippen MR) is 126 cm³/mol. The molecule has 164 valence electrons. The topological polar surface area (TPSA) is 80.6 Å². The van der Waals surface area contributed by atoms with E-state index in [2.05, 4.69) is 5.32 Å². The molecule has 1 aliphatic rings. The highest BCUT2D eigenvalue weighted by Gasteiger charge is 2.34. The van der Waals surface area contributed by atoms with Gasteiger partial charge in [0.05, 0.1) is 4.91 Å². The number of amides is 3. The van der Waals surface area contributed by atoms with E-state index < -0.39 is 0 Å². The van der Waals surface area contributed by atoms with Gasteiger partial charge in [0.2, 0.25) is 5.91 Å². The molecule has 1 aromatic heterocycles. The lowest BCUT2D eigenvalue weighted by Crippen LogP contribution is -2.29. The number of nitrogens with zero attached hydrogens (tertiary/aromatic N) is 2. The molecule has 32 heavy (non-hydrogen) atoms. The Morgan fingerprint density at radius 1 is 1.09 bits per heavy atom. The van der Waals surface area contributed by atoms with Crippen molar-refractivity contribution in [1.29, 1.82) is 0 Å². The van der Waals surface area contributed by atoms with Gasteiger partial charge < -0.3 is 14.6 Å². The second-order valence-corrected chi connectivity index (χ2v) is 8.32. The highest BCUT2D eigenvalue weighted by atomic mass is 32.2. The molecule has 3 aromatic rings. The molecule has 0 radical (unpaired) electrons. The highest BCUT2D eigenvalue weighted by molar-refractivity contribution is 8.18. The lowest BCUT2D eigenvalue weighted by atomic mass is 10.1. The van der Waals surface area contributed by atoms with Crippen LogP contribution in [0.15, 0.2) is 65.7 Å². The molecular weight excluding hydrogens is 426 g/mol. The Balaban J connectivity index is 1.57. The van der Waals surface area contributed by atoms with Gasteiger partial charge in [0.25, 0.3) is 11.1 Å². The zero-order valence-electron chi connectivity index (χ0n) is 17.6. The zero-order chi connectivity index (χ0) is 22.5. The minimum atomic E-state index is -0.297. The zero-order valence-corrected chi connectivity index (χ0v) is 18.4. The average molecular weight is 450 g/mol. The second kappa shape index (κ2) is 9.84. The summed E-state index contributed by atoms with van der Waals surface area (Å²) in [5, 5.41) is 3.52. The first-order chi connectivity index (χ1) is 15.6. The summed E-state index contributed by atoms with van der Waals surface area (Å²) in [7, 11) is 1.59. The molecule has 0 atom stereocenters.